The number of likely N-dealkylation sites (tertiary alicyclic amines) is 1. The van der Waals surface area contributed by atoms with Gasteiger partial charge in [0.25, 0.3) is 0 Å². The van der Waals surface area contributed by atoms with Gasteiger partial charge in [-0.05, 0) is 18.8 Å². The van der Waals surface area contributed by atoms with Crippen LogP contribution in [0.15, 0.2) is 0 Å². The maximum Gasteiger partial charge on any atom is 0.471 e. The van der Waals surface area contributed by atoms with Crippen molar-refractivity contribution in [2.45, 2.75) is 25.4 Å². The molecule has 0 spiro atoms. The van der Waals surface area contributed by atoms with Crippen LogP contribution in [0, 0.1) is 17.2 Å². The average molecular weight is 277 g/mol. The maximum absolute atomic E-state index is 12.0. The van der Waals surface area contributed by atoms with E-state index in [0.29, 0.717) is 25.9 Å². The average Bonchev–Trinajstić information content (AvgIpc) is 2.35. The van der Waals surface area contributed by atoms with Crippen molar-refractivity contribution in [3.05, 3.63) is 0 Å². The van der Waals surface area contributed by atoms with Gasteiger partial charge in [-0.25, -0.2) is 0 Å². The molecular weight excluding hydrogens is 263 g/mol. The Bertz CT molecular complexity index is 382. The van der Waals surface area contributed by atoms with Crippen LogP contribution in [0.2, 0.25) is 0 Å². The van der Waals surface area contributed by atoms with Crippen LogP contribution in [0.4, 0.5) is 13.2 Å². The van der Waals surface area contributed by atoms with Gasteiger partial charge in [-0.2, -0.15) is 18.4 Å². The molecule has 1 heterocycles. The Hall–Kier alpha value is -1.78. The summed E-state index contributed by atoms with van der Waals surface area (Å²) in [5.41, 5.74) is 0. The lowest BCUT2D eigenvalue weighted by Crippen LogP contribution is -2.43. The van der Waals surface area contributed by atoms with Gasteiger partial charge < -0.3 is 10.2 Å². The third kappa shape index (κ3) is 4.77. The fourth-order valence-electron chi connectivity index (χ4n) is 1.90. The van der Waals surface area contributed by atoms with E-state index < -0.39 is 12.1 Å². The van der Waals surface area contributed by atoms with E-state index in [0.717, 1.165) is 0 Å². The normalized spacial score (nSPS) is 16.8. The topological polar surface area (TPSA) is 73.2 Å². The molecule has 1 saturated heterocycles. The summed E-state index contributed by atoms with van der Waals surface area (Å²) in [5, 5.41) is 10.2. The minimum absolute atomic E-state index is 0.0430. The van der Waals surface area contributed by atoms with Gasteiger partial charge in [0.15, 0.2) is 0 Å². The minimum Gasteiger partial charge on any atom is -0.348 e. The number of piperidine rings is 1. The number of hydrogen-bond acceptors (Lipinski definition) is 3. The predicted octanol–water partition coefficient (Wildman–Crippen LogP) is 0.817. The highest BCUT2D eigenvalue weighted by Crippen LogP contribution is 2.18. The Balaban J connectivity index is 2.30. The van der Waals surface area contributed by atoms with E-state index >= 15 is 0 Å². The first-order chi connectivity index (χ1) is 8.84. The standard InChI is InChI=1S/C11H14F3N3O2/c12-11(13,14)10(19)16-7-8-2-5-17(6-3-8)9(18)1-4-15/h8H,1-3,5-7H2,(H,16,19). The van der Waals surface area contributed by atoms with Crippen LogP contribution in [0.1, 0.15) is 19.3 Å². The molecule has 1 rings (SSSR count). The van der Waals surface area contributed by atoms with E-state index in [9.17, 15) is 22.8 Å². The smallest absolute Gasteiger partial charge is 0.348 e. The van der Waals surface area contributed by atoms with Crippen LogP contribution in [0.3, 0.4) is 0 Å². The number of nitriles is 1. The Morgan fingerprint density at radius 1 is 1.32 bits per heavy atom. The highest BCUT2D eigenvalue weighted by atomic mass is 19.4. The number of carbonyl (C=O) groups is 2. The van der Waals surface area contributed by atoms with Crippen molar-refractivity contribution in [1.82, 2.24) is 10.2 Å². The van der Waals surface area contributed by atoms with Crippen LogP contribution >= 0.6 is 0 Å². The molecule has 1 N–H and O–H groups in total. The molecule has 0 aliphatic carbocycles. The van der Waals surface area contributed by atoms with Crippen LogP contribution in [0.25, 0.3) is 0 Å². The summed E-state index contributed by atoms with van der Waals surface area (Å²) in [7, 11) is 0. The molecule has 0 radical (unpaired) electrons. The summed E-state index contributed by atoms with van der Waals surface area (Å²) in [6.07, 6.45) is -4.00. The molecule has 0 unspecified atom stereocenters. The summed E-state index contributed by atoms with van der Waals surface area (Å²) in [6.45, 7) is 0.777. The van der Waals surface area contributed by atoms with Gasteiger partial charge in [0.1, 0.15) is 6.42 Å². The molecule has 8 heteroatoms. The van der Waals surface area contributed by atoms with Gasteiger partial charge in [0.2, 0.25) is 5.91 Å². The van der Waals surface area contributed by atoms with Crippen LogP contribution in [-0.2, 0) is 9.59 Å². The second-order valence-corrected chi connectivity index (χ2v) is 4.37. The zero-order valence-corrected chi connectivity index (χ0v) is 10.2. The second-order valence-electron chi connectivity index (χ2n) is 4.37. The summed E-state index contributed by atoms with van der Waals surface area (Å²) in [5.74, 6) is -2.27. The number of nitrogens with zero attached hydrogens (tertiary/aromatic N) is 2. The highest BCUT2D eigenvalue weighted by molar-refractivity contribution is 5.81. The lowest BCUT2D eigenvalue weighted by molar-refractivity contribution is -0.173. The molecule has 0 bridgehead atoms. The molecule has 5 nitrogen and oxygen atoms in total. The summed E-state index contributed by atoms with van der Waals surface area (Å²) >= 11 is 0. The van der Waals surface area contributed by atoms with Crippen LogP contribution < -0.4 is 5.32 Å². The van der Waals surface area contributed by atoms with E-state index in [1.807, 2.05) is 5.32 Å². The molecule has 0 atom stereocenters. The van der Waals surface area contributed by atoms with Crippen molar-refractivity contribution < 1.29 is 22.8 Å². The number of carbonyl (C=O) groups excluding carboxylic acids is 2. The van der Waals surface area contributed by atoms with Crippen molar-refractivity contribution in [3.63, 3.8) is 0 Å². The van der Waals surface area contributed by atoms with Crippen molar-refractivity contribution in [1.29, 1.82) is 5.26 Å². The Kier molecular flexibility index (Phi) is 5.15. The number of alkyl halides is 3. The molecule has 0 aromatic heterocycles. The predicted molar refractivity (Wildman–Crippen MR) is 58.6 cm³/mol. The number of amides is 2. The third-order valence-corrected chi connectivity index (χ3v) is 3.01. The SMILES string of the molecule is N#CCC(=O)N1CCC(CNC(=O)C(F)(F)F)CC1. The van der Waals surface area contributed by atoms with Gasteiger partial charge in [0.05, 0.1) is 6.07 Å². The molecule has 1 aliphatic rings. The number of nitrogens with one attached hydrogen (secondary N) is 1. The third-order valence-electron chi connectivity index (χ3n) is 3.01. The molecular formula is C11H14F3N3O2. The first kappa shape index (κ1) is 15.3. The lowest BCUT2D eigenvalue weighted by atomic mass is 9.96. The van der Waals surface area contributed by atoms with Crippen LogP contribution in [0.5, 0.6) is 0 Å². The maximum atomic E-state index is 12.0. The van der Waals surface area contributed by atoms with Crippen LogP contribution in [-0.4, -0.2) is 42.5 Å². The summed E-state index contributed by atoms with van der Waals surface area (Å²) in [4.78, 5) is 23.5. The first-order valence-electron chi connectivity index (χ1n) is 5.84. The molecule has 1 aliphatic heterocycles. The van der Waals surface area contributed by atoms with Gasteiger partial charge in [-0.3, -0.25) is 9.59 Å². The Labute approximate surface area is 108 Å². The summed E-state index contributed by atoms with van der Waals surface area (Å²) < 4.78 is 35.9. The lowest BCUT2D eigenvalue weighted by Gasteiger charge is -2.31. The molecule has 1 fully saturated rings. The fourth-order valence-corrected chi connectivity index (χ4v) is 1.90. The molecule has 0 aromatic rings. The largest absolute Gasteiger partial charge is 0.471 e. The number of hydrogen-bond donors (Lipinski definition) is 1. The molecule has 106 valence electrons. The zero-order valence-electron chi connectivity index (χ0n) is 10.2. The van der Waals surface area contributed by atoms with Gasteiger partial charge in [-0.15, -0.1) is 0 Å². The van der Waals surface area contributed by atoms with Crippen molar-refractivity contribution in [2.24, 2.45) is 5.92 Å². The Morgan fingerprint density at radius 2 is 1.89 bits per heavy atom. The molecule has 2 amide bonds. The van der Waals surface area contributed by atoms with Gasteiger partial charge in [-0.1, -0.05) is 0 Å². The minimum atomic E-state index is -4.86. The number of rotatable bonds is 3. The van der Waals surface area contributed by atoms with Gasteiger partial charge in [0, 0.05) is 19.6 Å². The molecule has 0 aromatic carbocycles. The monoisotopic (exact) mass is 277 g/mol. The van der Waals surface area contributed by atoms with E-state index in [1.165, 1.54) is 4.90 Å². The Morgan fingerprint density at radius 3 is 2.37 bits per heavy atom. The van der Waals surface area contributed by atoms with Crippen molar-refractivity contribution in [2.75, 3.05) is 19.6 Å². The second kappa shape index (κ2) is 6.41. The van der Waals surface area contributed by atoms with Gasteiger partial charge >= 0.3 is 12.1 Å². The zero-order chi connectivity index (χ0) is 14.5. The molecule has 0 saturated carbocycles. The van der Waals surface area contributed by atoms with E-state index in [-0.39, 0.29) is 24.8 Å². The van der Waals surface area contributed by atoms with E-state index in [2.05, 4.69) is 0 Å². The van der Waals surface area contributed by atoms with E-state index in [4.69, 9.17) is 5.26 Å². The number of halogens is 3. The van der Waals surface area contributed by atoms with Crippen molar-refractivity contribution >= 4 is 11.8 Å². The molecule has 19 heavy (non-hydrogen) atoms. The van der Waals surface area contributed by atoms with E-state index in [1.54, 1.807) is 6.07 Å². The van der Waals surface area contributed by atoms with Crippen molar-refractivity contribution in [3.8, 4) is 6.07 Å². The summed E-state index contributed by atoms with van der Waals surface area (Å²) in [6, 6.07) is 1.76. The fraction of sp³-hybridized carbons (Fsp3) is 0.727. The first-order valence-corrected chi connectivity index (χ1v) is 5.84. The highest BCUT2D eigenvalue weighted by Gasteiger charge is 2.38. The quantitative estimate of drug-likeness (QED) is 0.830.